The number of benzene rings is 4. The summed E-state index contributed by atoms with van der Waals surface area (Å²) >= 11 is 0. The number of phenolic OH excluding ortho intramolecular Hbond substituents is 1. The first kappa shape index (κ1) is 16.9. The lowest BCUT2D eigenvalue weighted by atomic mass is 10.0. The van der Waals surface area contributed by atoms with Crippen LogP contribution in [0.3, 0.4) is 0 Å². The molecule has 0 atom stereocenters. The smallest absolute Gasteiger partial charge is 0.256 e. The zero-order valence-electron chi connectivity index (χ0n) is 14.9. The molecule has 0 radical (unpaired) electrons. The molecule has 27 heavy (non-hydrogen) atoms. The first-order chi connectivity index (χ1) is 13.1. The molecule has 0 bridgehead atoms. The van der Waals surface area contributed by atoms with E-state index in [1.807, 2.05) is 61.5 Å². The Kier molecular flexibility index (Phi) is 4.35. The van der Waals surface area contributed by atoms with Gasteiger partial charge in [0.05, 0.1) is 0 Å². The predicted octanol–water partition coefficient (Wildman–Crippen LogP) is 5.77. The zero-order valence-corrected chi connectivity index (χ0v) is 14.9. The van der Waals surface area contributed by atoms with Crippen molar-refractivity contribution in [3.8, 4) is 16.9 Å². The summed E-state index contributed by atoms with van der Waals surface area (Å²) in [7, 11) is 0. The molecule has 0 heterocycles. The van der Waals surface area contributed by atoms with Crippen LogP contribution in [0.4, 0.5) is 5.69 Å². The van der Waals surface area contributed by atoms with Crippen LogP contribution in [0.15, 0.2) is 84.9 Å². The van der Waals surface area contributed by atoms with Crippen molar-refractivity contribution in [3.63, 3.8) is 0 Å². The third-order valence-electron chi connectivity index (χ3n) is 4.58. The van der Waals surface area contributed by atoms with Gasteiger partial charge in [0.2, 0.25) is 0 Å². The van der Waals surface area contributed by atoms with Gasteiger partial charge < -0.3 is 10.4 Å². The van der Waals surface area contributed by atoms with E-state index >= 15 is 0 Å². The Bertz CT molecular complexity index is 1110. The molecule has 0 aliphatic heterocycles. The van der Waals surface area contributed by atoms with Crippen molar-refractivity contribution in [2.24, 2.45) is 0 Å². The van der Waals surface area contributed by atoms with E-state index in [0.29, 0.717) is 5.56 Å². The summed E-state index contributed by atoms with van der Waals surface area (Å²) in [6, 6.07) is 26.8. The Morgan fingerprint density at radius 3 is 2.26 bits per heavy atom. The highest BCUT2D eigenvalue weighted by atomic mass is 16.3. The number of aryl methyl sites for hydroxylation is 1. The number of hydrogen-bond donors (Lipinski definition) is 2. The summed E-state index contributed by atoms with van der Waals surface area (Å²) < 4.78 is 0. The van der Waals surface area contributed by atoms with Crippen LogP contribution in [0.1, 0.15) is 15.9 Å². The van der Waals surface area contributed by atoms with Gasteiger partial charge in [-0.25, -0.2) is 0 Å². The second-order valence-corrected chi connectivity index (χ2v) is 6.62. The van der Waals surface area contributed by atoms with E-state index in [4.69, 9.17) is 0 Å². The average molecular weight is 353 g/mol. The highest BCUT2D eigenvalue weighted by Gasteiger charge is 2.12. The van der Waals surface area contributed by atoms with Gasteiger partial charge in [-0.2, -0.15) is 0 Å². The molecule has 0 aliphatic carbocycles. The lowest BCUT2D eigenvalue weighted by Gasteiger charge is -2.11. The van der Waals surface area contributed by atoms with Gasteiger partial charge in [0.25, 0.3) is 5.91 Å². The quantitative estimate of drug-likeness (QED) is 0.491. The molecule has 2 N–H and O–H groups in total. The lowest BCUT2D eigenvalue weighted by molar-refractivity contribution is 0.102. The Morgan fingerprint density at radius 1 is 0.815 bits per heavy atom. The number of nitrogens with one attached hydrogen (secondary N) is 1. The molecule has 0 spiro atoms. The molecule has 132 valence electrons. The molecule has 3 nitrogen and oxygen atoms in total. The Balaban J connectivity index is 1.62. The van der Waals surface area contributed by atoms with Crippen LogP contribution >= 0.6 is 0 Å². The zero-order chi connectivity index (χ0) is 18.8. The molecule has 0 unspecified atom stereocenters. The number of amides is 1. The molecule has 1 amide bonds. The van der Waals surface area contributed by atoms with E-state index in [1.54, 1.807) is 18.2 Å². The van der Waals surface area contributed by atoms with E-state index in [9.17, 15) is 9.90 Å². The highest BCUT2D eigenvalue weighted by Crippen LogP contribution is 2.26. The Labute approximate surface area is 157 Å². The summed E-state index contributed by atoms with van der Waals surface area (Å²) in [4.78, 5) is 12.8. The summed E-state index contributed by atoms with van der Waals surface area (Å²) in [6.07, 6.45) is 0. The number of rotatable bonds is 3. The maximum absolute atomic E-state index is 12.8. The summed E-state index contributed by atoms with van der Waals surface area (Å²) in [6.45, 7) is 1.94. The third kappa shape index (κ3) is 3.53. The highest BCUT2D eigenvalue weighted by molar-refractivity contribution is 6.13. The molecule has 0 fully saturated rings. The summed E-state index contributed by atoms with van der Waals surface area (Å²) in [5.41, 5.74) is 4.55. The fourth-order valence-electron chi connectivity index (χ4n) is 3.27. The molecule has 3 heteroatoms. The molecule has 0 saturated heterocycles. The SMILES string of the molecule is Cc1cc(C(=O)Nc2ccc(-c3ccccc3)cc2)c2ccc(O)cc2c1. The van der Waals surface area contributed by atoms with E-state index in [0.717, 1.165) is 33.2 Å². The summed E-state index contributed by atoms with van der Waals surface area (Å²) in [5, 5.41) is 14.3. The molecule has 4 rings (SSSR count). The number of hydrogen-bond acceptors (Lipinski definition) is 2. The van der Waals surface area contributed by atoms with E-state index in [2.05, 4.69) is 17.4 Å². The first-order valence-electron chi connectivity index (χ1n) is 8.80. The summed E-state index contributed by atoms with van der Waals surface area (Å²) in [5.74, 6) is 0.0257. The number of carbonyl (C=O) groups is 1. The monoisotopic (exact) mass is 353 g/mol. The third-order valence-corrected chi connectivity index (χ3v) is 4.58. The van der Waals surface area contributed by atoms with Crippen molar-refractivity contribution < 1.29 is 9.90 Å². The van der Waals surface area contributed by atoms with Crippen molar-refractivity contribution >= 4 is 22.4 Å². The topological polar surface area (TPSA) is 49.3 Å². The van der Waals surface area contributed by atoms with Crippen molar-refractivity contribution in [2.75, 3.05) is 5.32 Å². The first-order valence-corrected chi connectivity index (χ1v) is 8.80. The van der Waals surface area contributed by atoms with Crippen molar-refractivity contribution in [3.05, 3.63) is 96.1 Å². The normalized spacial score (nSPS) is 10.7. The van der Waals surface area contributed by atoms with Crippen molar-refractivity contribution in [1.82, 2.24) is 0 Å². The van der Waals surface area contributed by atoms with Crippen LogP contribution in [-0.4, -0.2) is 11.0 Å². The van der Waals surface area contributed by atoms with Gasteiger partial charge >= 0.3 is 0 Å². The number of carbonyl (C=O) groups excluding carboxylic acids is 1. The van der Waals surface area contributed by atoms with Crippen LogP contribution < -0.4 is 5.32 Å². The Morgan fingerprint density at radius 2 is 1.52 bits per heavy atom. The van der Waals surface area contributed by atoms with Gasteiger partial charge in [0.1, 0.15) is 5.75 Å². The molecule has 4 aromatic rings. The largest absolute Gasteiger partial charge is 0.508 e. The van der Waals surface area contributed by atoms with E-state index < -0.39 is 0 Å². The van der Waals surface area contributed by atoms with Crippen LogP contribution in [0.2, 0.25) is 0 Å². The number of phenols is 1. The van der Waals surface area contributed by atoms with Crippen LogP contribution in [0.25, 0.3) is 21.9 Å². The van der Waals surface area contributed by atoms with Crippen molar-refractivity contribution in [2.45, 2.75) is 6.92 Å². The number of aromatic hydroxyl groups is 1. The molecular formula is C24H19NO2. The van der Waals surface area contributed by atoms with Gasteiger partial charge in [-0.1, -0.05) is 48.5 Å². The van der Waals surface area contributed by atoms with Crippen LogP contribution in [-0.2, 0) is 0 Å². The molecular weight excluding hydrogens is 334 g/mol. The Hall–Kier alpha value is -3.59. The van der Waals surface area contributed by atoms with Gasteiger partial charge in [-0.05, 0) is 70.8 Å². The van der Waals surface area contributed by atoms with Crippen molar-refractivity contribution in [1.29, 1.82) is 0 Å². The minimum Gasteiger partial charge on any atom is -0.508 e. The number of anilines is 1. The fraction of sp³-hybridized carbons (Fsp3) is 0.0417. The van der Waals surface area contributed by atoms with E-state index in [1.165, 1.54) is 0 Å². The predicted molar refractivity (Wildman–Crippen MR) is 110 cm³/mol. The lowest BCUT2D eigenvalue weighted by Crippen LogP contribution is -2.12. The number of fused-ring (bicyclic) bond motifs is 1. The second-order valence-electron chi connectivity index (χ2n) is 6.62. The maximum Gasteiger partial charge on any atom is 0.256 e. The maximum atomic E-state index is 12.8. The molecule has 4 aromatic carbocycles. The second kappa shape index (κ2) is 6.96. The minimum absolute atomic E-state index is 0.165. The molecule has 0 aliphatic rings. The molecule has 0 aromatic heterocycles. The van der Waals surface area contributed by atoms with Crippen LogP contribution in [0.5, 0.6) is 5.75 Å². The minimum atomic E-state index is -0.165. The van der Waals surface area contributed by atoms with Gasteiger partial charge in [-0.3, -0.25) is 4.79 Å². The van der Waals surface area contributed by atoms with E-state index in [-0.39, 0.29) is 11.7 Å². The standard InChI is InChI=1S/C24H19NO2/c1-16-13-19-15-21(26)11-12-22(19)23(14-16)24(27)25-20-9-7-18(8-10-20)17-5-3-2-4-6-17/h2-15,26H,1H3,(H,25,27). The average Bonchev–Trinajstić information content (AvgIpc) is 2.68. The van der Waals surface area contributed by atoms with Crippen LogP contribution in [0, 0.1) is 6.92 Å². The molecule has 0 saturated carbocycles. The van der Waals surface area contributed by atoms with Gasteiger partial charge in [0, 0.05) is 11.3 Å². The fourth-order valence-corrected chi connectivity index (χ4v) is 3.27. The van der Waals surface area contributed by atoms with Gasteiger partial charge in [-0.15, -0.1) is 0 Å². The van der Waals surface area contributed by atoms with Gasteiger partial charge in [0.15, 0.2) is 0 Å².